The van der Waals surface area contributed by atoms with Gasteiger partial charge in [0.15, 0.2) is 5.17 Å². The second-order valence-electron chi connectivity index (χ2n) is 5.64. The fraction of sp³-hybridized carbons (Fsp3) is 0.923. The summed E-state index contributed by atoms with van der Waals surface area (Å²) in [5.41, 5.74) is 0. The predicted octanol–water partition coefficient (Wildman–Crippen LogP) is 3.14. The van der Waals surface area contributed by atoms with Crippen LogP contribution in [0.15, 0.2) is 4.99 Å². The number of nitrogens with zero attached hydrogens (tertiary/aromatic N) is 1. The van der Waals surface area contributed by atoms with Crippen LogP contribution in [-0.2, 0) is 0 Å². The molecule has 0 aromatic carbocycles. The van der Waals surface area contributed by atoms with Crippen LogP contribution in [0.5, 0.6) is 0 Å². The SMILES string of the molecule is CC1CSC(=NC2CCC(C)C2C)NC1C. The number of rotatable bonds is 1. The Kier molecular flexibility index (Phi) is 3.83. The van der Waals surface area contributed by atoms with Gasteiger partial charge in [-0.25, -0.2) is 0 Å². The minimum atomic E-state index is 0.561. The second kappa shape index (κ2) is 4.99. The summed E-state index contributed by atoms with van der Waals surface area (Å²) < 4.78 is 0. The van der Waals surface area contributed by atoms with Gasteiger partial charge in [-0.1, -0.05) is 32.5 Å². The highest BCUT2D eigenvalue weighted by Crippen LogP contribution is 2.34. The third kappa shape index (κ3) is 2.55. The lowest BCUT2D eigenvalue weighted by molar-refractivity contribution is 0.421. The lowest BCUT2D eigenvalue weighted by Gasteiger charge is -2.29. The molecule has 0 spiro atoms. The van der Waals surface area contributed by atoms with Gasteiger partial charge in [0.1, 0.15) is 0 Å². The van der Waals surface area contributed by atoms with Gasteiger partial charge in [0.05, 0.1) is 6.04 Å². The smallest absolute Gasteiger partial charge is 0.157 e. The number of amidine groups is 1. The molecule has 0 aromatic heterocycles. The van der Waals surface area contributed by atoms with Crippen molar-refractivity contribution < 1.29 is 0 Å². The molecule has 1 saturated carbocycles. The van der Waals surface area contributed by atoms with Gasteiger partial charge < -0.3 is 5.32 Å². The summed E-state index contributed by atoms with van der Waals surface area (Å²) in [7, 11) is 0. The zero-order valence-electron chi connectivity index (χ0n) is 10.9. The van der Waals surface area contributed by atoms with E-state index in [4.69, 9.17) is 4.99 Å². The zero-order chi connectivity index (χ0) is 11.7. The Bertz CT molecular complexity index is 277. The molecule has 92 valence electrons. The van der Waals surface area contributed by atoms with E-state index in [1.165, 1.54) is 23.8 Å². The minimum absolute atomic E-state index is 0.561. The minimum Gasteiger partial charge on any atom is -0.362 e. The van der Waals surface area contributed by atoms with E-state index in [1.54, 1.807) is 0 Å². The first-order valence-corrected chi connectivity index (χ1v) is 7.53. The molecule has 2 aliphatic rings. The third-order valence-corrected chi connectivity index (χ3v) is 5.58. The fourth-order valence-electron chi connectivity index (χ4n) is 2.48. The summed E-state index contributed by atoms with van der Waals surface area (Å²) in [6.07, 6.45) is 2.62. The summed E-state index contributed by atoms with van der Waals surface area (Å²) in [5.74, 6) is 3.57. The Hall–Kier alpha value is -0.180. The van der Waals surface area contributed by atoms with Crippen LogP contribution in [0.2, 0.25) is 0 Å². The summed E-state index contributed by atoms with van der Waals surface area (Å²) >= 11 is 1.90. The van der Waals surface area contributed by atoms with Gasteiger partial charge in [0, 0.05) is 11.8 Å². The van der Waals surface area contributed by atoms with Crippen LogP contribution in [-0.4, -0.2) is 23.0 Å². The third-order valence-electron chi connectivity index (χ3n) is 4.39. The molecule has 2 rings (SSSR count). The molecule has 16 heavy (non-hydrogen) atoms. The highest BCUT2D eigenvalue weighted by atomic mass is 32.2. The first-order valence-electron chi connectivity index (χ1n) is 6.55. The van der Waals surface area contributed by atoms with Gasteiger partial charge in [-0.05, 0) is 37.5 Å². The molecule has 1 heterocycles. The molecule has 3 heteroatoms. The number of thioether (sulfide) groups is 1. The van der Waals surface area contributed by atoms with Crippen molar-refractivity contribution in [2.75, 3.05) is 5.75 Å². The number of hydrogen-bond acceptors (Lipinski definition) is 2. The van der Waals surface area contributed by atoms with Crippen molar-refractivity contribution in [2.24, 2.45) is 22.7 Å². The maximum atomic E-state index is 4.92. The van der Waals surface area contributed by atoms with Gasteiger partial charge in [-0.3, -0.25) is 4.99 Å². The molecule has 5 unspecified atom stereocenters. The number of aliphatic imine (C=N–C) groups is 1. The Labute approximate surface area is 104 Å². The molecule has 2 nitrogen and oxygen atoms in total. The van der Waals surface area contributed by atoms with E-state index in [1.807, 2.05) is 11.8 Å². The lowest BCUT2D eigenvalue weighted by Crippen LogP contribution is -2.42. The zero-order valence-corrected chi connectivity index (χ0v) is 11.7. The first kappa shape index (κ1) is 12.3. The van der Waals surface area contributed by atoms with Crippen LogP contribution in [0.25, 0.3) is 0 Å². The standard InChI is InChI=1S/C13H24N2S/c1-8-5-6-12(10(8)3)15-13-14-11(4)9(2)7-16-13/h8-12H,5-7H2,1-4H3,(H,14,15). The van der Waals surface area contributed by atoms with Crippen LogP contribution in [0.4, 0.5) is 0 Å². The fourth-order valence-corrected chi connectivity index (χ4v) is 3.67. The normalized spacial score (nSPS) is 47.0. The van der Waals surface area contributed by atoms with Gasteiger partial charge >= 0.3 is 0 Å². The summed E-state index contributed by atoms with van der Waals surface area (Å²) in [5, 5.41) is 4.73. The average Bonchev–Trinajstić information content (AvgIpc) is 2.55. The van der Waals surface area contributed by atoms with Gasteiger partial charge in [-0.2, -0.15) is 0 Å². The molecule has 2 fully saturated rings. The highest BCUT2D eigenvalue weighted by molar-refractivity contribution is 8.13. The number of nitrogens with one attached hydrogen (secondary N) is 1. The van der Waals surface area contributed by atoms with Crippen LogP contribution in [0.3, 0.4) is 0 Å². The summed E-state index contributed by atoms with van der Waals surface area (Å²) in [6.45, 7) is 9.28. The van der Waals surface area contributed by atoms with Gasteiger partial charge in [-0.15, -0.1) is 0 Å². The van der Waals surface area contributed by atoms with E-state index >= 15 is 0 Å². The molecule has 0 bridgehead atoms. The number of hydrogen-bond donors (Lipinski definition) is 1. The Balaban J connectivity index is 1.97. The molecule has 1 saturated heterocycles. The van der Waals surface area contributed by atoms with Crippen LogP contribution in [0.1, 0.15) is 40.5 Å². The molecular weight excluding hydrogens is 216 g/mol. The van der Waals surface area contributed by atoms with Crippen molar-refractivity contribution in [3.05, 3.63) is 0 Å². The Morgan fingerprint density at radius 1 is 1.12 bits per heavy atom. The molecule has 0 aromatic rings. The second-order valence-corrected chi connectivity index (χ2v) is 6.65. The quantitative estimate of drug-likeness (QED) is 0.761. The maximum Gasteiger partial charge on any atom is 0.157 e. The van der Waals surface area contributed by atoms with E-state index in [9.17, 15) is 0 Å². The van der Waals surface area contributed by atoms with Gasteiger partial charge in [0.25, 0.3) is 0 Å². The van der Waals surface area contributed by atoms with Gasteiger partial charge in [0.2, 0.25) is 0 Å². The van der Waals surface area contributed by atoms with Crippen LogP contribution < -0.4 is 5.32 Å². The monoisotopic (exact) mass is 240 g/mol. The molecule has 1 aliphatic heterocycles. The van der Waals surface area contributed by atoms with Crippen molar-refractivity contribution in [3.63, 3.8) is 0 Å². The maximum absolute atomic E-state index is 4.92. The average molecular weight is 240 g/mol. The Morgan fingerprint density at radius 3 is 2.44 bits per heavy atom. The Morgan fingerprint density at radius 2 is 1.88 bits per heavy atom. The van der Waals surface area contributed by atoms with E-state index in [0.717, 1.165) is 17.8 Å². The topological polar surface area (TPSA) is 24.4 Å². The van der Waals surface area contributed by atoms with Crippen molar-refractivity contribution in [1.29, 1.82) is 0 Å². The first-order chi connectivity index (χ1) is 7.58. The lowest BCUT2D eigenvalue weighted by atomic mass is 9.98. The van der Waals surface area contributed by atoms with E-state index < -0.39 is 0 Å². The molecular formula is C13H24N2S. The molecule has 5 atom stereocenters. The van der Waals surface area contributed by atoms with E-state index in [2.05, 4.69) is 33.0 Å². The van der Waals surface area contributed by atoms with Crippen molar-refractivity contribution in [1.82, 2.24) is 5.32 Å². The molecule has 1 aliphatic carbocycles. The van der Waals surface area contributed by atoms with Crippen molar-refractivity contribution in [2.45, 2.75) is 52.6 Å². The van der Waals surface area contributed by atoms with E-state index in [-0.39, 0.29) is 0 Å². The van der Waals surface area contributed by atoms with Crippen LogP contribution in [0, 0.1) is 17.8 Å². The molecule has 0 amide bonds. The molecule has 1 N–H and O–H groups in total. The highest BCUT2D eigenvalue weighted by Gasteiger charge is 2.30. The predicted molar refractivity (Wildman–Crippen MR) is 73.0 cm³/mol. The van der Waals surface area contributed by atoms with Crippen molar-refractivity contribution >= 4 is 16.9 Å². The largest absolute Gasteiger partial charge is 0.362 e. The van der Waals surface area contributed by atoms with Crippen molar-refractivity contribution in [3.8, 4) is 0 Å². The summed E-state index contributed by atoms with van der Waals surface area (Å²) in [4.78, 5) is 4.92. The molecule has 0 radical (unpaired) electrons. The van der Waals surface area contributed by atoms with E-state index in [0.29, 0.717) is 12.1 Å². The summed E-state index contributed by atoms with van der Waals surface area (Å²) in [6, 6.07) is 1.14. The van der Waals surface area contributed by atoms with Crippen LogP contribution >= 0.6 is 11.8 Å².